The number of ether oxygens (including phenoxy) is 2. The lowest BCUT2D eigenvalue weighted by molar-refractivity contribution is -0.217. The van der Waals surface area contributed by atoms with E-state index in [0.717, 1.165) is 13.0 Å². The van der Waals surface area contributed by atoms with Crippen LogP contribution in [0.2, 0.25) is 0 Å². The van der Waals surface area contributed by atoms with Gasteiger partial charge in [0, 0.05) is 0 Å². The first-order chi connectivity index (χ1) is 4.97. The van der Waals surface area contributed by atoms with Crippen molar-refractivity contribution in [3.63, 3.8) is 0 Å². The minimum absolute atomic E-state index is 0.0461. The molecule has 1 aliphatic rings. The van der Waals surface area contributed by atoms with E-state index >= 15 is 0 Å². The van der Waals surface area contributed by atoms with Crippen LogP contribution < -0.4 is 0 Å². The Kier molecular flexibility index (Phi) is 2.26. The van der Waals surface area contributed by atoms with E-state index in [1.807, 2.05) is 0 Å². The summed E-state index contributed by atoms with van der Waals surface area (Å²) in [6.45, 7) is 9.77. The van der Waals surface area contributed by atoms with Crippen LogP contribution in [0.3, 0.4) is 0 Å². The minimum Gasteiger partial charge on any atom is -0.370 e. The van der Waals surface area contributed by atoms with Crippen molar-refractivity contribution in [2.75, 3.05) is 13.2 Å². The highest BCUT2D eigenvalue weighted by molar-refractivity contribution is 4.82. The number of hydrogen-bond donors (Lipinski definition) is 0. The van der Waals surface area contributed by atoms with Gasteiger partial charge in [-0.2, -0.15) is 0 Å². The zero-order valence-electron chi connectivity index (χ0n) is 7.94. The molecule has 1 saturated heterocycles. The topological polar surface area (TPSA) is 18.5 Å². The Morgan fingerprint density at radius 2 is 1.73 bits per heavy atom. The smallest absolute Gasteiger partial charge is 0.0886 e. The standard InChI is InChI=1S/C9H18O2/c1-5-9(4)7-10-8(2,3)6-11-9/h5-7H2,1-4H3. The van der Waals surface area contributed by atoms with Crippen molar-refractivity contribution >= 4 is 0 Å². The molecule has 0 aliphatic carbocycles. The fraction of sp³-hybridized carbons (Fsp3) is 1.00. The molecule has 0 saturated carbocycles. The molecule has 1 unspecified atom stereocenters. The Morgan fingerprint density at radius 3 is 2.09 bits per heavy atom. The second kappa shape index (κ2) is 2.76. The molecule has 1 rings (SSSR count). The molecule has 0 aromatic rings. The highest BCUT2D eigenvalue weighted by atomic mass is 16.6. The Labute approximate surface area is 68.9 Å². The molecular formula is C9H18O2. The summed E-state index contributed by atoms with van der Waals surface area (Å²) in [5.74, 6) is 0. The van der Waals surface area contributed by atoms with Crippen molar-refractivity contribution in [3.8, 4) is 0 Å². The van der Waals surface area contributed by atoms with Gasteiger partial charge in [0.25, 0.3) is 0 Å². The molecule has 0 aromatic heterocycles. The quantitative estimate of drug-likeness (QED) is 0.581. The van der Waals surface area contributed by atoms with Crippen LogP contribution in [0.15, 0.2) is 0 Å². The lowest BCUT2D eigenvalue weighted by Crippen LogP contribution is -2.48. The van der Waals surface area contributed by atoms with Crippen molar-refractivity contribution in [1.82, 2.24) is 0 Å². The summed E-state index contributed by atoms with van der Waals surface area (Å²) in [5, 5.41) is 0. The second-order valence-electron chi connectivity index (χ2n) is 4.14. The van der Waals surface area contributed by atoms with Gasteiger partial charge in [0.05, 0.1) is 24.4 Å². The molecule has 0 bridgehead atoms. The molecule has 1 fully saturated rings. The van der Waals surface area contributed by atoms with Gasteiger partial charge in [0.15, 0.2) is 0 Å². The number of rotatable bonds is 1. The van der Waals surface area contributed by atoms with Gasteiger partial charge in [-0.05, 0) is 27.2 Å². The van der Waals surface area contributed by atoms with Crippen LogP contribution in [0.1, 0.15) is 34.1 Å². The monoisotopic (exact) mass is 158 g/mol. The van der Waals surface area contributed by atoms with Crippen LogP contribution in [-0.2, 0) is 9.47 Å². The highest BCUT2D eigenvalue weighted by Gasteiger charge is 2.34. The molecule has 2 heteroatoms. The molecule has 0 aromatic carbocycles. The van der Waals surface area contributed by atoms with Gasteiger partial charge in [-0.1, -0.05) is 6.92 Å². The second-order valence-corrected chi connectivity index (χ2v) is 4.14. The van der Waals surface area contributed by atoms with Gasteiger partial charge < -0.3 is 9.47 Å². The molecule has 1 atom stereocenters. The first-order valence-electron chi connectivity index (χ1n) is 4.25. The van der Waals surface area contributed by atoms with E-state index in [1.165, 1.54) is 0 Å². The van der Waals surface area contributed by atoms with Crippen molar-refractivity contribution in [2.45, 2.75) is 45.3 Å². The fourth-order valence-corrected chi connectivity index (χ4v) is 0.984. The zero-order chi connectivity index (χ0) is 8.54. The van der Waals surface area contributed by atoms with E-state index in [4.69, 9.17) is 9.47 Å². The lowest BCUT2D eigenvalue weighted by Gasteiger charge is -2.41. The summed E-state index contributed by atoms with van der Waals surface area (Å²) in [5.41, 5.74) is -0.135. The van der Waals surface area contributed by atoms with Crippen molar-refractivity contribution in [2.24, 2.45) is 0 Å². The number of hydrogen-bond acceptors (Lipinski definition) is 2. The van der Waals surface area contributed by atoms with Crippen molar-refractivity contribution in [3.05, 3.63) is 0 Å². The van der Waals surface area contributed by atoms with Gasteiger partial charge in [0.2, 0.25) is 0 Å². The Balaban J connectivity index is 2.48. The Hall–Kier alpha value is -0.0800. The predicted molar refractivity (Wildman–Crippen MR) is 44.7 cm³/mol. The molecule has 2 nitrogen and oxygen atoms in total. The van der Waals surface area contributed by atoms with Gasteiger partial charge in [-0.3, -0.25) is 0 Å². The van der Waals surface area contributed by atoms with E-state index in [0.29, 0.717) is 6.61 Å². The summed E-state index contributed by atoms with van der Waals surface area (Å²) in [6, 6.07) is 0. The van der Waals surface area contributed by atoms with Gasteiger partial charge in [0.1, 0.15) is 0 Å². The molecule has 1 heterocycles. The van der Waals surface area contributed by atoms with E-state index in [2.05, 4.69) is 27.7 Å². The molecule has 0 N–H and O–H groups in total. The van der Waals surface area contributed by atoms with Crippen molar-refractivity contribution < 1.29 is 9.47 Å². The summed E-state index contributed by atoms with van der Waals surface area (Å²) in [4.78, 5) is 0. The van der Waals surface area contributed by atoms with E-state index < -0.39 is 0 Å². The maximum absolute atomic E-state index is 5.70. The lowest BCUT2D eigenvalue weighted by atomic mass is 10.0. The third kappa shape index (κ3) is 2.17. The largest absolute Gasteiger partial charge is 0.370 e. The SMILES string of the molecule is CCC1(C)COC(C)(C)CO1. The molecule has 0 amide bonds. The average Bonchev–Trinajstić information content (AvgIpc) is 1.97. The van der Waals surface area contributed by atoms with Gasteiger partial charge in [-0.25, -0.2) is 0 Å². The molecule has 11 heavy (non-hydrogen) atoms. The van der Waals surface area contributed by atoms with Crippen LogP contribution in [0.25, 0.3) is 0 Å². The Bertz CT molecular complexity index is 130. The normalized spacial score (nSPS) is 37.1. The minimum atomic E-state index is -0.0886. The van der Waals surface area contributed by atoms with Crippen LogP contribution in [-0.4, -0.2) is 24.4 Å². The van der Waals surface area contributed by atoms with Crippen LogP contribution in [0, 0.1) is 0 Å². The third-order valence-electron chi connectivity index (χ3n) is 2.28. The molecule has 0 spiro atoms. The summed E-state index contributed by atoms with van der Waals surface area (Å²) in [7, 11) is 0. The van der Waals surface area contributed by atoms with Gasteiger partial charge in [-0.15, -0.1) is 0 Å². The van der Waals surface area contributed by atoms with E-state index in [-0.39, 0.29) is 11.2 Å². The summed E-state index contributed by atoms with van der Waals surface area (Å²) in [6.07, 6.45) is 1.02. The predicted octanol–water partition coefficient (Wildman–Crippen LogP) is 1.98. The van der Waals surface area contributed by atoms with E-state index in [1.54, 1.807) is 0 Å². The maximum atomic E-state index is 5.70. The first-order valence-corrected chi connectivity index (χ1v) is 4.25. The summed E-state index contributed by atoms with van der Waals surface area (Å²) >= 11 is 0. The highest BCUT2D eigenvalue weighted by Crippen LogP contribution is 2.26. The van der Waals surface area contributed by atoms with Gasteiger partial charge >= 0.3 is 0 Å². The molecule has 0 radical (unpaired) electrons. The van der Waals surface area contributed by atoms with Crippen LogP contribution >= 0.6 is 0 Å². The molecule has 1 aliphatic heterocycles. The fourth-order valence-electron chi connectivity index (χ4n) is 0.984. The molecule has 66 valence electrons. The van der Waals surface area contributed by atoms with E-state index in [9.17, 15) is 0 Å². The van der Waals surface area contributed by atoms with Crippen LogP contribution in [0.5, 0.6) is 0 Å². The summed E-state index contributed by atoms with van der Waals surface area (Å²) < 4.78 is 11.4. The first kappa shape index (κ1) is 9.01. The molecular weight excluding hydrogens is 140 g/mol. The maximum Gasteiger partial charge on any atom is 0.0886 e. The van der Waals surface area contributed by atoms with Crippen molar-refractivity contribution in [1.29, 1.82) is 0 Å². The zero-order valence-corrected chi connectivity index (χ0v) is 7.94. The average molecular weight is 158 g/mol. The Morgan fingerprint density at radius 1 is 1.09 bits per heavy atom. The van der Waals surface area contributed by atoms with Crippen LogP contribution in [0.4, 0.5) is 0 Å². The third-order valence-corrected chi connectivity index (χ3v) is 2.28.